The van der Waals surface area contributed by atoms with Crippen LogP contribution in [-0.4, -0.2) is 24.8 Å². The number of hydroxylamine groups is 2. The van der Waals surface area contributed by atoms with Crippen molar-refractivity contribution in [2.75, 3.05) is 19.7 Å². The van der Waals surface area contributed by atoms with Crippen LogP contribution in [0, 0.1) is 0 Å². The molecule has 0 atom stereocenters. The molecule has 0 bridgehead atoms. The van der Waals surface area contributed by atoms with E-state index in [-0.39, 0.29) is 0 Å². The SMILES string of the molecule is NCCON1C=CC=CC1. The first-order valence-corrected chi connectivity index (χ1v) is 3.36. The van der Waals surface area contributed by atoms with Gasteiger partial charge in [0.2, 0.25) is 0 Å². The molecule has 0 aromatic carbocycles. The Labute approximate surface area is 60.7 Å². The Morgan fingerprint density at radius 2 is 2.40 bits per heavy atom. The average molecular weight is 140 g/mol. The Bertz CT molecular complexity index is 143. The Hall–Kier alpha value is -0.800. The van der Waals surface area contributed by atoms with Gasteiger partial charge in [0.25, 0.3) is 0 Å². The summed E-state index contributed by atoms with van der Waals surface area (Å²) in [4.78, 5) is 5.20. The fraction of sp³-hybridized carbons (Fsp3) is 0.429. The van der Waals surface area contributed by atoms with Crippen LogP contribution < -0.4 is 5.73 Å². The summed E-state index contributed by atoms with van der Waals surface area (Å²) in [6.07, 6.45) is 7.83. The van der Waals surface area contributed by atoms with Crippen molar-refractivity contribution in [3.05, 3.63) is 24.4 Å². The van der Waals surface area contributed by atoms with Crippen LogP contribution in [0.3, 0.4) is 0 Å². The van der Waals surface area contributed by atoms with Crippen molar-refractivity contribution in [2.24, 2.45) is 5.73 Å². The minimum Gasteiger partial charge on any atom is -0.328 e. The number of hydrogen-bond acceptors (Lipinski definition) is 3. The zero-order chi connectivity index (χ0) is 7.23. The lowest BCUT2D eigenvalue weighted by Crippen LogP contribution is -2.23. The van der Waals surface area contributed by atoms with Gasteiger partial charge in [-0.05, 0) is 6.08 Å². The summed E-state index contributed by atoms with van der Waals surface area (Å²) in [7, 11) is 0. The minimum absolute atomic E-state index is 0.564. The lowest BCUT2D eigenvalue weighted by atomic mass is 10.4. The van der Waals surface area contributed by atoms with E-state index in [4.69, 9.17) is 10.6 Å². The highest BCUT2D eigenvalue weighted by atomic mass is 16.7. The van der Waals surface area contributed by atoms with Crippen molar-refractivity contribution in [1.29, 1.82) is 0 Å². The Balaban J connectivity index is 2.17. The zero-order valence-electron chi connectivity index (χ0n) is 5.86. The van der Waals surface area contributed by atoms with E-state index in [1.54, 1.807) is 5.06 Å². The summed E-state index contributed by atoms with van der Waals surface area (Å²) in [5.41, 5.74) is 5.25. The summed E-state index contributed by atoms with van der Waals surface area (Å²) < 4.78 is 0. The zero-order valence-corrected chi connectivity index (χ0v) is 5.86. The van der Waals surface area contributed by atoms with Crippen LogP contribution >= 0.6 is 0 Å². The molecule has 0 fully saturated rings. The van der Waals surface area contributed by atoms with Gasteiger partial charge >= 0.3 is 0 Å². The molecule has 1 rings (SSSR count). The maximum atomic E-state index is 5.25. The standard InChI is InChI=1S/C7H12N2O/c8-4-7-10-9-5-2-1-3-6-9/h1-3,5H,4,6-8H2. The highest BCUT2D eigenvalue weighted by molar-refractivity contribution is 5.06. The van der Waals surface area contributed by atoms with Gasteiger partial charge in [0.15, 0.2) is 0 Å². The molecule has 1 aliphatic heterocycles. The van der Waals surface area contributed by atoms with Crippen LogP contribution in [0.1, 0.15) is 0 Å². The smallest absolute Gasteiger partial charge is 0.0870 e. The van der Waals surface area contributed by atoms with Gasteiger partial charge < -0.3 is 5.73 Å². The molecule has 0 spiro atoms. The fourth-order valence-electron chi connectivity index (χ4n) is 0.716. The van der Waals surface area contributed by atoms with Gasteiger partial charge in [0.05, 0.1) is 13.2 Å². The Morgan fingerprint density at radius 1 is 1.50 bits per heavy atom. The third-order valence-electron chi connectivity index (χ3n) is 1.16. The first-order valence-electron chi connectivity index (χ1n) is 3.36. The van der Waals surface area contributed by atoms with E-state index >= 15 is 0 Å². The second kappa shape index (κ2) is 4.09. The van der Waals surface area contributed by atoms with E-state index in [0.717, 1.165) is 6.54 Å². The molecule has 1 heterocycles. The maximum absolute atomic E-state index is 5.25. The molecule has 0 aliphatic carbocycles. The lowest BCUT2D eigenvalue weighted by Gasteiger charge is -2.18. The molecular formula is C7H12N2O. The summed E-state index contributed by atoms with van der Waals surface area (Å²) in [5.74, 6) is 0. The number of nitrogens with zero attached hydrogens (tertiary/aromatic N) is 1. The molecule has 56 valence electrons. The average Bonchev–Trinajstić information content (AvgIpc) is 2.03. The monoisotopic (exact) mass is 140 g/mol. The second-order valence-corrected chi connectivity index (χ2v) is 1.99. The van der Waals surface area contributed by atoms with Crippen molar-refractivity contribution in [3.8, 4) is 0 Å². The summed E-state index contributed by atoms with van der Waals surface area (Å²) in [5, 5.41) is 1.76. The quantitative estimate of drug-likeness (QED) is 0.611. The molecule has 2 N–H and O–H groups in total. The van der Waals surface area contributed by atoms with Gasteiger partial charge in [-0.1, -0.05) is 12.2 Å². The normalized spacial score (nSPS) is 16.3. The third-order valence-corrected chi connectivity index (χ3v) is 1.16. The van der Waals surface area contributed by atoms with Gasteiger partial charge in [0, 0.05) is 12.7 Å². The molecule has 3 nitrogen and oxygen atoms in total. The number of rotatable bonds is 3. The van der Waals surface area contributed by atoms with Gasteiger partial charge in [-0.3, -0.25) is 9.90 Å². The molecule has 0 amide bonds. The van der Waals surface area contributed by atoms with E-state index in [0.29, 0.717) is 13.2 Å². The van der Waals surface area contributed by atoms with Crippen LogP contribution in [0.25, 0.3) is 0 Å². The molecule has 0 saturated carbocycles. The Morgan fingerprint density at radius 3 is 3.00 bits per heavy atom. The molecule has 0 unspecified atom stereocenters. The Kier molecular flexibility index (Phi) is 2.99. The van der Waals surface area contributed by atoms with Crippen molar-refractivity contribution in [2.45, 2.75) is 0 Å². The topological polar surface area (TPSA) is 38.5 Å². The van der Waals surface area contributed by atoms with Crippen molar-refractivity contribution in [1.82, 2.24) is 5.06 Å². The van der Waals surface area contributed by atoms with Crippen LogP contribution in [0.15, 0.2) is 24.4 Å². The van der Waals surface area contributed by atoms with Crippen LogP contribution in [0.4, 0.5) is 0 Å². The number of allylic oxidation sites excluding steroid dienone is 2. The predicted molar refractivity (Wildman–Crippen MR) is 40.0 cm³/mol. The summed E-state index contributed by atoms with van der Waals surface area (Å²) in [6, 6.07) is 0. The maximum Gasteiger partial charge on any atom is 0.0870 e. The molecule has 0 aromatic rings. The van der Waals surface area contributed by atoms with Crippen LogP contribution in [-0.2, 0) is 4.84 Å². The fourth-order valence-corrected chi connectivity index (χ4v) is 0.716. The van der Waals surface area contributed by atoms with Crippen molar-refractivity contribution < 1.29 is 4.84 Å². The lowest BCUT2D eigenvalue weighted by molar-refractivity contribution is -0.109. The van der Waals surface area contributed by atoms with Gasteiger partial charge in [-0.25, -0.2) is 0 Å². The minimum atomic E-state index is 0.564. The molecule has 0 saturated heterocycles. The molecule has 1 aliphatic rings. The van der Waals surface area contributed by atoms with E-state index in [9.17, 15) is 0 Å². The van der Waals surface area contributed by atoms with Crippen LogP contribution in [0.5, 0.6) is 0 Å². The van der Waals surface area contributed by atoms with Crippen molar-refractivity contribution >= 4 is 0 Å². The molecule has 0 aromatic heterocycles. The summed E-state index contributed by atoms with van der Waals surface area (Å²) >= 11 is 0. The van der Waals surface area contributed by atoms with E-state index in [1.807, 2.05) is 24.4 Å². The predicted octanol–water partition coefficient (Wildman–Crippen LogP) is 0.262. The number of nitrogens with two attached hydrogens (primary N) is 1. The van der Waals surface area contributed by atoms with Gasteiger partial charge in [-0.15, -0.1) is 0 Å². The van der Waals surface area contributed by atoms with Crippen molar-refractivity contribution in [3.63, 3.8) is 0 Å². The molecule has 10 heavy (non-hydrogen) atoms. The first-order chi connectivity index (χ1) is 4.93. The number of hydrogen-bond donors (Lipinski definition) is 1. The highest BCUT2D eigenvalue weighted by Gasteiger charge is 1.96. The molecular weight excluding hydrogens is 128 g/mol. The third kappa shape index (κ3) is 2.21. The summed E-state index contributed by atoms with van der Waals surface area (Å²) in [6.45, 7) is 1.96. The van der Waals surface area contributed by atoms with E-state index < -0.39 is 0 Å². The second-order valence-electron chi connectivity index (χ2n) is 1.99. The van der Waals surface area contributed by atoms with Gasteiger partial charge in [-0.2, -0.15) is 0 Å². The van der Waals surface area contributed by atoms with Crippen LogP contribution in [0.2, 0.25) is 0 Å². The first kappa shape index (κ1) is 7.31. The van der Waals surface area contributed by atoms with E-state index in [1.165, 1.54) is 0 Å². The van der Waals surface area contributed by atoms with Gasteiger partial charge in [0.1, 0.15) is 0 Å². The molecule has 0 radical (unpaired) electrons. The largest absolute Gasteiger partial charge is 0.328 e. The highest BCUT2D eigenvalue weighted by Crippen LogP contribution is 1.97. The molecule has 3 heteroatoms. The van der Waals surface area contributed by atoms with E-state index in [2.05, 4.69) is 0 Å².